The van der Waals surface area contributed by atoms with Crippen LogP contribution in [0.4, 0.5) is 5.82 Å². The fraction of sp³-hybridized carbons (Fsp3) is 0.250. The van der Waals surface area contributed by atoms with E-state index >= 15 is 0 Å². The first-order chi connectivity index (χ1) is 9.55. The van der Waals surface area contributed by atoms with E-state index in [1.807, 2.05) is 13.0 Å². The highest BCUT2D eigenvalue weighted by Crippen LogP contribution is 2.14. The van der Waals surface area contributed by atoms with Crippen LogP contribution in [0, 0.1) is 11.3 Å². The van der Waals surface area contributed by atoms with Gasteiger partial charge in [0.1, 0.15) is 16.7 Å². The lowest BCUT2D eigenvalue weighted by molar-refractivity contribution is 0.600. The van der Waals surface area contributed by atoms with Gasteiger partial charge in [0.25, 0.3) is 10.0 Å². The number of hydrogen-bond donors (Lipinski definition) is 2. The van der Waals surface area contributed by atoms with E-state index in [9.17, 15) is 8.42 Å². The molecule has 0 saturated heterocycles. The Morgan fingerprint density at radius 2 is 2.25 bits per heavy atom. The lowest BCUT2D eigenvalue weighted by Crippen LogP contribution is -2.13. The summed E-state index contributed by atoms with van der Waals surface area (Å²) in [6, 6.07) is 6.16. The van der Waals surface area contributed by atoms with Crippen LogP contribution in [-0.4, -0.2) is 23.6 Å². The molecule has 0 radical (unpaired) electrons. The summed E-state index contributed by atoms with van der Waals surface area (Å²) < 4.78 is 26.5. The van der Waals surface area contributed by atoms with Crippen molar-refractivity contribution in [2.45, 2.75) is 24.7 Å². The number of nitrogens with zero attached hydrogens (tertiary/aromatic N) is 3. The van der Waals surface area contributed by atoms with Crippen LogP contribution in [0.15, 0.2) is 29.3 Å². The Bertz CT molecular complexity index is 728. The molecule has 2 rings (SSSR count). The average molecular weight is 291 g/mol. The highest BCUT2D eigenvalue weighted by Gasteiger charge is 2.16. The predicted molar refractivity (Wildman–Crippen MR) is 72.3 cm³/mol. The quantitative estimate of drug-likeness (QED) is 0.865. The minimum absolute atomic E-state index is 0.0171. The second-order valence-corrected chi connectivity index (χ2v) is 5.81. The number of H-pyrrole nitrogens is 1. The van der Waals surface area contributed by atoms with E-state index in [1.54, 1.807) is 6.07 Å². The zero-order chi connectivity index (χ0) is 14.6. The average Bonchev–Trinajstić information content (AvgIpc) is 2.86. The number of aryl methyl sites for hydroxylation is 1. The van der Waals surface area contributed by atoms with Crippen LogP contribution in [-0.2, 0) is 16.4 Å². The van der Waals surface area contributed by atoms with Crippen LogP contribution in [0.3, 0.4) is 0 Å². The summed E-state index contributed by atoms with van der Waals surface area (Å²) in [5, 5.41) is 15.3. The van der Waals surface area contributed by atoms with Gasteiger partial charge in [0, 0.05) is 18.0 Å². The number of sulfonamides is 1. The van der Waals surface area contributed by atoms with Gasteiger partial charge < -0.3 is 0 Å². The van der Waals surface area contributed by atoms with Gasteiger partial charge in [-0.15, -0.1) is 0 Å². The zero-order valence-electron chi connectivity index (χ0n) is 10.8. The monoisotopic (exact) mass is 291 g/mol. The van der Waals surface area contributed by atoms with Crippen molar-refractivity contribution in [3.8, 4) is 6.07 Å². The smallest absolute Gasteiger partial charge is 0.264 e. The van der Waals surface area contributed by atoms with E-state index in [4.69, 9.17) is 5.26 Å². The molecule has 0 unspecified atom stereocenters. The second-order valence-electron chi connectivity index (χ2n) is 4.12. The van der Waals surface area contributed by atoms with Crippen molar-refractivity contribution in [1.82, 2.24) is 15.2 Å². The highest BCUT2D eigenvalue weighted by molar-refractivity contribution is 7.92. The van der Waals surface area contributed by atoms with E-state index in [1.165, 1.54) is 12.1 Å². The number of hydrogen-bond acceptors (Lipinski definition) is 5. The minimum atomic E-state index is -3.74. The molecular formula is C12H13N5O2S. The van der Waals surface area contributed by atoms with Gasteiger partial charge in [-0.2, -0.15) is 10.4 Å². The lowest BCUT2D eigenvalue weighted by Gasteiger charge is -2.04. The Kier molecular flexibility index (Phi) is 4.00. The van der Waals surface area contributed by atoms with Gasteiger partial charge in [0.15, 0.2) is 5.82 Å². The molecule has 0 amide bonds. The molecule has 0 fully saturated rings. The third-order valence-corrected chi connectivity index (χ3v) is 3.89. The Hall–Kier alpha value is -2.40. The Labute approximate surface area is 116 Å². The van der Waals surface area contributed by atoms with Crippen molar-refractivity contribution in [3.63, 3.8) is 0 Å². The molecular weight excluding hydrogens is 278 g/mol. The summed E-state index contributed by atoms with van der Waals surface area (Å²) in [7, 11) is -3.74. The Balaban J connectivity index is 2.19. The molecule has 2 N–H and O–H groups in total. The number of aromatic amines is 1. The first kappa shape index (κ1) is 14.0. The molecule has 20 heavy (non-hydrogen) atoms. The number of aromatic nitrogens is 3. The lowest BCUT2D eigenvalue weighted by atomic mass is 10.2. The van der Waals surface area contributed by atoms with E-state index in [0.29, 0.717) is 0 Å². The normalized spacial score (nSPS) is 11.0. The summed E-state index contributed by atoms with van der Waals surface area (Å²) in [6.45, 7) is 2.02. The van der Waals surface area contributed by atoms with Crippen LogP contribution in [0.25, 0.3) is 0 Å². The SMILES string of the molecule is CCCc1cc(NS(=O)(=O)c2ccc(C#N)nc2)n[nH]1. The van der Waals surface area contributed by atoms with Gasteiger partial charge in [-0.3, -0.25) is 9.82 Å². The van der Waals surface area contributed by atoms with E-state index in [2.05, 4.69) is 19.9 Å². The molecule has 0 bridgehead atoms. The molecule has 0 aromatic carbocycles. The molecule has 104 valence electrons. The summed E-state index contributed by atoms with van der Waals surface area (Å²) in [4.78, 5) is 3.71. The number of anilines is 1. The minimum Gasteiger partial charge on any atom is -0.280 e. The van der Waals surface area contributed by atoms with Gasteiger partial charge in [-0.05, 0) is 18.6 Å². The third-order valence-electron chi connectivity index (χ3n) is 2.55. The molecule has 8 heteroatoms. The van der Waals surface area contributed by atoms with Crippen molar-refractivity contribution >= 4 is 15.8 Å². The van der Waals surface area contributed by atoms with Crippen molar-refractivity contribution in [1.29, 1.82) is 5.26 Å². The Morgan fingerprint density at radius 3 is 2.85 bits per heavy atom. The molecule has 0 aliphatic rings. The molecule has 0 saturated carbocycles. The van der Waals surface area contributed by atoms with Crippen molar-refractivity contribution in [3.05, 3.63) is 35.8 Å². The van der Waals surface area contributed by atoms with Gasteiger partial charge >= 0.3 is 0 Å². The summed E-state index contributed by atoms with van der Waals surface area (Å²) in [5.41, 5.74) is 1.03. The standard InChI is InChI=1S/C12H13N5O2S/c1-2-3-9-6-12(16-15-9)17-20(18,19)11-5-4-10(7-13)14-8-11/h4-6,8H,2-3H2,1H3,(H2,15,16,17). The zero-order valence-corrected chi connectivity index (χ0v) is 11.6. The van der Waals surface area contributed by atoms with Crippen molar-refractivity contribution in [2.75, 3.05) is 4.72 Å². The largest absolute Gasteiger partial charge is 0.280 e. The van der Waals surface area contributed by atoms with Crippen LogP contribution >= 0.6 is 0 Å². The van der Waals surface area contributed by atoms with Crippen molar-refractivity contribution < 1.29 is 8.42 Å². The van der Waals surface area contributed by atoms with E-state index in [-0.39, 0.29) is 16.4 Å². The molecule has 2 heterocycles. The van der Waals surface area contributed by atoms with Crippen LogP contribution in [0.1, 0.15) is 24.7 Å². The molecule has 0 aliphatic carbocycles. The Morgan fingerprint density at radius 1 is 1.45 bits per heavy atom. The topological polar surface area (TPSA) is 112 Å². The molecule has 0 atom stereocenters. The highest BCUT2D eigenvalue weighted by atomic mass is 32.2. The van der Waals surface area contributed by atoms with E-state index < -0.39 is 10.0 Å². The summed E-state index contributed by atoms with van der Waals surface area (Å²) >= 11 is 0. The fourth-order valence-electron chi connectivity index (χ4n) is 1.61. The van der Waals surface area contributed by atoms with Crippen LogP contribution in [0.2, 0.25) is 0 Å². The maximum Gasteiger partial charge on any atom is 0.264 e. The maximum atomic E-state index is 12.1. The number of nitriles is 1. The van der Waals surface area contributed by atoms with Gasteiger partial charge in [-0.1, -0.05) is 13.3 Å². The van der Waals surface area contributed by atoms with Gasteiger partial charge in [-0.25, -0.2) is 13.4 Å². The predicted octanol–water partition coefficient (Wildman–Crippen LogP) is 1.43. The first-order valence-electron chi connectivity index (χ1n) is 5.98. The third kappa shape index (κ3) is 3.13. The number of pyridine rings is 1. The van der Waals surface area contributed by atoms with E-state index in [0.717, 1.165) is 24.7 Å². The van der Waals surface area contributed by atoms with Gasteiger partial charge in [0.05, 0.1) is 0 Å². The molecule has 0 spiro atoms. The molecule has 2 aromatic heterocycles. The first-order valence-corrected chi connectivity index (χ1v) is 7.46. The molecule has 7 nitrogen and oxygen atoms in total. The van der Waals surface area contributed by atoms with Crippen molar-refractivity contribution in [2.24, 2.45) is 0 Å². The fourth-order valence-corrected chi connectivity index (χ4v) is 2.55. The van der Waals surface area contributed by atoms with Gasteiger partial charge in [0.2, 0.25) is 0 Å². The maximum absolute atomic E-state index is 12.1. The number of rotatable bonds is 5. The summed E-state index contributed by atoms with van der Waals surface area (Å²) in [6.07, 6.45) is 2.88. The molecule has 0 aliphatic heterocycles. The molecule has 2 aromatic rings. The number of nitrogens with one attached hydrogen (secondary N) is 2. The summed E-state index contributed by atoms with van der Waals surface area (Å²) in [5.74, 6) is 0.234. The second kappa shape index (κ2) is 5.71. The van der Waals surface area contributed by atoms with Crippen LogP contribution in [0.5, 0.6) is 0 Å². The van der Waals surface area contributed by atoms with Crippen LogP contribution < -0.4 is 4.72 Å².